The first-order chi connectivity index (χ1) is 23.2. The van der Waals surface area contributed by atoms with Gasteiger partial charge in [-0.1, -0.05) is 19.0 Å². The van der Waals surface area contributed by atoms with Crippen molar-refractivity contribution < 1.29 is 59.4 Å². The van der Waals surface area contributed by atoms with Gasteiger partial charge in [0.05, 0.1) is 25.8 Å². The highest BCUT2D eigenvalue weighted by Crippen LogP contribution is 2.18. The Balaban J connectivity index is 2.05. The van der Waals surface area contributed by atoms with E-state index in [2.05, 4.69) is 36.4 Å². The summed E-state index contributed by atoms with van der Waals surface area (Å²) in [5.74, 6) is -3.25. The van der Waals surface area contributed by atoms with Crippen molar-refractivity contribution in [2.24, 2.45) is 11.1 Å². The second-order valence-corrected chi connectivity index (χ2v) is 11.9. The van der Waals surface area contributed by atoms with Gasteiger partial charge in [-0.3, -0.25) is 24.0 Å². The highest BCUT2D eigenvalue weighted by atomic mass is 16.6. The van der Waals surface area contributed by atoms with Gasteiger partial charge in [0.25, 0.3) is 0 Å². The Morgan fingerprint density at radius 1 is 1.00 bits per heavy atom. The number of H-pyrrole nitrogens is 1. The first-order valence-corrected chi connectivity index (χ1v) is 15.7. The molecule has 11 N–H and O–H groups in total. The van der Waals surface area contributed by atoms with E-state index < -0.39 is 92.2 Å². The molecule has 1 aromatic heterocycles. The Labute approximate surface area is 282 Å². The fraction of sp³-hybridized carbons (Fsp3) is 0.690. The van der Waals surface area contributed by atoms with E-state index in [4.69, 9.17) is 9.94 Å². The topological polar surface area (TPSA) is 308 Å². The maximum Gasteiger partial charge on any atom is 0.247 e. The molecule has 0 radical (unpaired) electrons. The third kappa shape index (κ3) is 13.0. The zero-order chi connectivity index (χ0) is 36.7. The van der Waals surface area contributed by atoms with Crippen molar-refractivity contribution in [2.45, 2.75) is 95.0 Å². The van der Waals surface area contributed by atoms with Crippen molar-refractivity contribution >= 4 is 35.8 Å². The van der Waals surface area contributed by atoms with Crippen molar-refractivity contribution in [2.75, 3.05) is 26.5 Å². The van der Waals surface area contributed by atoms with E-state index in [1.165, 1.54) is 24.3 Å². The number of aromatic amines is 1. The lowest BCUT2D eigenvalue weighted by molar-refractivity contribution is -0.138. The third-order valence-electron chi connectivity index (χ3n) is 7.61. The van der Waals surface area contributed by atoms with Gasteiger partial charge in [0.1, 0.15) is 48.6 Å². The van der Waals surface area contributed by atoms with Crippen LogP contribution in [0.25, 0.3) is 0 Å². The Morgan fingerprint density at radius 3 is 2.27 bits per heavy atom. The molecule has 0 spiro atoms. The summed E-state index contributed by atoms with van der Waals surface area (Å²) < 4.78 is 0. The molecular weight excluding hydrogens is 652 g/mol. The minimum Gasteiger partial charge on any atom is -0.394 e. The fourth-order valence-corrected chi connectivity index (χ4v) is 4.95. The molecule has 20 heteroatoms. The zero-order valence-electron chi connectivity index (χ0n) is 27.6. The molecule has 0 bridgehead atoms. The Kier molecular flexibility index (Phi) is 17.0. The molecule has 2 heterocycles. The maximum atomic E-state index is 13.5. The highest BCUT2D eigenvalue weighted by Gasteiger charge is 2.36. The molecule has 0 aliphatic carbocycles. The molecule has 8 atom stereocenters. The number of amides is 5. The van der Waals surface area contributed by atoms with Gasteiger partial charge in [0.15, 0.2) is 6.73 Å². The number of rotatable bonds is 20. The van der Waals surface area contributed by atoms with Gasteiger partial charge in [-0.2, -0.15) is 0 Å². The third-order valence-corrected chi connectivity index (χ3v) is 7.61. The number of carbonyl (C=O) groups excluding carboxylic acids is 5. The highest BCUT2D eigenvalue weighted by molar-refractivity contribution is 5.95. The molecule has 0 saturated carbocycles. The molecule has 1 fully saturated rings. The van der Waals surface area contributed by atoms with Crippen LogP contribution in [0, 0.1) is 5.92 Å². The number of nitrogens with zero attached hydrogens (tertiary/aromatic N) is 3. The summed E-state index contributed by atoms with van der Waals surface area (Å²) in [7, 11) is 0. The van der Waals surface area contributed by atoms with Gasteiger partial charge in [0.2, 0.25) is 29.5 Å². The summed E-state index contributed by atoms with van der Waals surface area (Å²) in [5.41, 5.74) is 0.454. The molecule has 5 amide bonds. The van der Waals surface area contributed by atoms with Crippen LogP contribution >= 0.6 is 0 Å². The molecule has 1 aromatic rings. The molecule has 1 aliphatic rings. The average molecular weight is 701 g/mol. The summed E-state index contributed by atoms with van der Waals surface area (Å²) in [6.45, 7) is 3.13. The lowest BCUT2D eigenvalue weighted by Crippen LogP contribution is -2.59. The minimum absolute atomic E-state index is 0.0449. The summed E-state index contributed by atoms with van der Waals surface area (Å²) >= 11 is 0. The van der Waals surface area contributed by atoms with E-state index in [1.54, 1.807) is 0 Å². The predicted octanol–water partition coefficient (Wildman–Crippen LogP) is -5.03. The van der Waals surface area contributed by atoms with E-state index in [1.807, 2.05) is 13.8 Å². The van der Waals surface area contributed by atoms with Crippen LogP contribution in [0.2, 0.25) is 0 Å². The van der Waals surface area contributed by atoms with Crippen molar-refractivity contribution in [3.8, 4) is 0 Å². The van der Waals surface area contributed by atoms with E-state index >= 15 is 0 Å². The first-order valence-electron chi connectivity index (χ1n) is 15.7. The minimum atomic E-state index is -1.92. The van der Waals surface area contributed by atoms with Crippen molar-refractivity contribution in [1.29, 1.82) is 0 Å². The number of aromatic nitrogens is 2. The van der Waals surface area contributed by atoms with Crippen LogP contribution in [0.5, 0.6) is 0 Å². The molecule has 276 valence electrons. The predicted molar refractivity (Wildman–Crippen MR) is 169 cm³/mol. The fourth-order valence-electron chi connectivity index (χ4n) is 4.95. The quantitative estimate of drug-likeness (QED) is 0.0263. The molecular formula is C29H48N8O12. The van der Waals surface area contributed by atoms with Crippen LogP contribution in [0.3, 0.4) is 0 Å². The van der Waals surface area contributed by atoms with Gasteiger partial charge in [-0.25, -0.2) is 4.98 Å². The summed E-state index contributed by atoms with van der Waals surface area (Å²) in [5, 5.41) is 70.4. The Morgan fingerprint density at radius 2 is 1.67 bits per heavy atom. The number of aliphatic hydroxyl groups excluding tert-OH is 6. The number of hydrogen-bond donors (Lipinski definition) is 11. The number of likely N-dealkylation sites (tertiary alicyclic amines) is 1. The van der Waals surface area contributed by atoms with Gasteiger partial charge in [-0.15, -0.1) is 0 Å². The number of imidazole rings is 1. The maximum absolute atomic E-state index is 13.5. The van der Waals surface area contributed by atoms with Gasteiger partial charge in [0, 0.05) is 31.8 Å². The van der Waals surface area contributed by atoms with Crippen LogP contribution in [0.15, 0.2) is 17.7 Å². The van der Waals surface area contributed by atoms with E-state index in [0.717, 1.165) is 0 Å². The molecule has 1 saturated heterocycles. The largest absolute Gasteiger partial charge is 0.394 e. The van der Waals surface area contributed by atoms with Gasteiger partial charge < -0.3 is 66.6 Å². The van der Waals surface area contributed by atoms with Crippen LogP contribution < -0.4 is 21.3 Å². The van der Waals surface area contributed by atoms with Crippen molar-refractivity contribution in [3.63, 3.8) is 0 Å². The average Bonchev–Trinajstić information content (AvgIpc) is 3.77. The van der Waals surface area contributed by atoms with Crippen molar-refractivity contribution in [3.05, 3.63) is 18.2 Å². The summed E-state index contributed by atoms with van der Waals surface area (Å²) in [6, 6.07) is -4.60. The van der Waals surface area contributed by atoms with Gasteiger partial charge in [-0.05, 0) is 25.2 Å². The number of nitrogens with one attached hydrogen (secondary N) is 5. The number of aliphatic hydroxyl groups is 6. The van der Waals surface area contributed by atoms with Crippen LogP contribution in [0.1, 0.15) is 45.7 Å². The summed E-state index contributed by atoms with van der Waals surface area (Å²) in [4.78, 5) is 77.6. The number of oxime groups is 1. The van der Waals surface area contributed by atoms with Crippen LogP contribution in [-0.4, -0.2) is 156 Å². The van der Waals surface area contributed by atoms with Crippen molar-refractivity contribution in [1.82, 2.24) is 36.1 Å². The SMILES string of the molecule is CC(=O)N1CCC[C@H]1C(=O)N[C@@H](CC(C)C)C(=O)N[C@@H](Cc1cnc[nH]1)C(=O)N[C@@H](CO)C(=O)NCO/N=C/C(O)C(O)C(O)C(O)CO. The lowest BCUT2D eigenvalue weighted by atomic mass is 10.0. The van der Waals surface area contributed by atoms with E-state index in [9.17, 15) is 49.5 Å². The Hall–Kier alpha value is -4.21. The molecule has 0 aromatic carbocycles. The standard InChI is InChI=1S/C29H48N8O12/c1-15(2)7-18(35-29(48)21-5-4-6-37(21)16(3)40)27(46)34-19(8-17-9-30-13-31-17)28(47)36-20(11-38)26(45)32-14-49-33-10-22(41)24(43)25(44)23(42)12-39/h9-10,13,15,18-25,38-39,41-44H,4-8,11-12,14H2,1-3H3,(H,30,31)(H,32,45)(H,34,46)(H,35,48)(H,36,47)/b33-10+/t18-,19-,20-,21-,22?,23?,24?,25?/m0/s1. The number of hydrogen-bond acceptors (Lipinski definition) is 14. The first kappa shape index (κ1) is 41.0. The Bertz CT molecular complexity index is 1250. The molecule has 1 aliphatic heterocycles. The molecule has 4 unspecified atom stereocenters. The smallest absolute Gasteiger partial charge is 0.247 e. The second kappa shape index (κ2) is 20.3. The molecule has 49 heavy (non-hydrogen) atoms. The monoisotopic (exact) mass is 700 g/mol. The van der Waals surface area contributed by atoms with Crippen LogP contribution in [0.4, 0.5) is 0 Å². The van der Waals surface area contributed by atoms with Crippen LogP contribution in [-0.2, 0) is 35.2 Å². The zero-order valence-corrected chi connectivity index (χ0v) is 27.6. The molecule has 20 nitrogen and oxygen atoms in total. The van der Waals surface area contributed by atoms with Gasteiger partial charge >= 0.3 is 0 Å². The van der Waals surface area contributed by atoms with E-state index in [-0.39, 0.29) is 24.7 Å². The second-order valence-electron chi connectivity index (χ2n) is 11.9. The number of carbonyl (C=O) groups is 5. The summed E-state index contributed by atoms with van der Waals surface area (Å²) in [6.07, 6.45) is -2.71. The normalized spacial score (nSPS) is 19.0. The lowest BCUT2D eigenvalue weighted by Gasteiger charge is -2.28. The van der Waals surface area contributed by atoms with E-state index in [0.29, 0.717) is 31.3 Å². The molecule has 2 rings (SSSR count).